The Labute approximate surface area is 88.9 Å². The first-order valence-electron chi connectivity index (χ1n) is 5.44. The predicted octanol–water partition coefficient (Wildman–Crippen LogP) is 1.80. The number of H-pyrrole nitrogens is 1. The van der Waals surface area contributed by atoms with Gasteiger partial charge in [-0.05, 0) is 6.07 Å². The molecule has 0 unspecified atom stereocenters. The van der Waals surface area contributed by atoms with E-state index in [-0.39, 0.29) is 0 Å². The lowest BCUT2D eigenvalue weighted by Gasteiger charge is -2.27. The summed E-state index contributed by atoms with van der Waals surface area (Å²) in [5, 5.41) is 8.06. The molecular formula is C12H15N3. The van der Waals surface area contributed by atoms with E-state index in [1.165, 1.54) is 16.6 Å². The number of hydrogen-bond acceptors (Lipinski definition) is 2. The zero-order valence-corrected chi connectivity index (χ0v) is 8.59. The maximum atomic E-state index is 3.50. The molecule has 0 bridgehead atoms. The van der Waals surface area contributed by atoms with E-state index in [4.69, 9.17) is 0 Å². The van der Waals surface area contributed by atoms with Gasteiger partial charge in [0, 0.05) is 42.7 Å². The van der Waals surface area contributed by atoms with Crippen LogP contribution in [0.2, 0.25) is 0 Å². The molecule has 0 spiro atoms. The monoisotopic (exact) mass is 201 g/mol. The lowest BCUT2D eigenvalue weighted by molar-refractivity contribution is 0.365. The fourth-order valence-electron chi connectivity index (χ4n) is 1.96. The van der Waals surface area contributed by atoms with Gasteiger partial charge in [-0.25, -0.2) is 0 Å². The molecule has 1 aliphatic heterocycles. The number of nitrogens with one attached hydrogen (secondary N) is 3. The number of anilines is 1. The summed E-state index contributed by atoms with van der Waals surface area (Å²) in [7, 11) is 0. The predicted molar refractivity (Wildman–Crippen MR) is 63.1 cm³/mol. The first-order chi connectivity index (χ1) is 7.43. The van der Waals surface area contributed by atoms with Crippen LogP contribution in [0.25, 0.3) is 10.9 Å². The van der Waals surface area contributed by atoms with Crippen LogP contribution in [-0.2, 0) is 0 Å². The molecule has 1 aliphatic rings. The summed E-state index contributed by atoms with van der Waals surface area (Å²) >= 11 is 0. The third-order valence-corrected chi connectivity index (χ3v) is 3.04. The SMILES string of the molecule is c1ccc2c(NCC3CNC3)c[nH]c2c1. The zero-order valence-electron chi connectivity index (χ0n) is 8.59. The summed E-state index contributed by atoms with van der Waals surface area (Å²) in [6.07, 6.45) is 2.05. The number of fused-ring (bicyclic) bond motifs is 1. The smallest absolute Gasteiger partial charge is 0.0598 e. The van der Waals surface area contributed by atoms with Gasteiger partial charge in [0.05, 0.1) is 5.69 Å². The van der Waals surface area contributed by atoms with Gasteiger partial charge < -0.3 is 15.6 Å². The number of rotatable bonds is 3. The number of hydrogen-bond donors (Lipinski definition) is 3. The second-order valence-corrected chi connectivity index (χ2v) is 4.15. The molecule has 0 radical (unpaired) electrons. The molecule has 78 valence electrons. The Kier molecular flexibility index (Phi) is 2.10. The summed E-state index contributed by atoms with van der Waals surface area (Å²) in [5.74, 6) is 0.790. The quantitative estimate of drug-likeness (QED) is 0.708. The van der Waals surface area contributed by atoms with Gasteiger partial charge in [0.1, 0.15) is 0 Å². The Morgan fingerprint density at radius 2 is 2.13 bits per heavy atom. The van der Waals surface area contributed by atoms with Crippen LogP contribution in [0.4, 0.5) is 5.69 Å². The second-order valence-electron chi connectivity index (χ2n) is 4.15. The normalized spacial score (nSPS) is 16.5. The van der Waals surface area contributed by atoms with Crippen molar-refractivity contribution in [2.45, 2.75) is 0 Å². The highest BCUT2D eigenvalue weighted by atomic mass is 15.0. The highest BCUT2D eigenvalue weighted by Gasteiger charge is 2.16. The van der Waals surface area contributed by atoms with Crippen molar-refractivity contribution in [3.05, 3.63) is 30.5 Å². The van der Waals surface area contributed by atoms with Crippen LogP contribution >= 0.6 is 0 Å². The van der Waals surface area contributed by atoms with E-state index >= 15 is 0 Å². The molecule has 3 N–H and O–H groups in total. The summed E-state index contributed by atoms with van der Waals surface area (Å²) in [6, 6.07) is 8.38. The van der Waals surface area contributed by atoms with Crippen LogP contribution in [0.3, 0.4) is 0 Å². The van der Waals surface area contributed by atoms with Crippen LogP contribution in [-0.4, -0.2) is 24.6 Å². The van der Waals surface area contributed by atoms with E-state index in [1.807, 2.05) is 0 Å². The van der Waals surface area contributed by atoms with Gasteiger partial charge in [0.15, 0.2) is 0 Å². The third-order valence-electron chi connectivity index (χ3n) is 3.04. The van der Waals surface area contributed by atoms with Gasteiger partial charge in [-0.3, -0.25) is 0 Å². The first kappa shape index (κ1) is 8.80. The molecule has 2 aromatic rings. The van der Waals surface area contributed by atoms with Gasteiger partial charge in [-0.1, -0.05) is 18.2 Å². The molecule has 1 fully saturated rings. The maximum absolute atomic E-state index is 3.50. The zero-order chi connectivity index (χ0) is 10.1. The van der Waals surface area contributed by atoms with Crippen molar-refractivity contribution in [3.63, 3.8) is 0 Å². The summed E-state index contributed by atoms with van der Waals surface area (Å²) in [4.78, 5) is 3.27. The summed E-state index contributed by atoms with van der Waals surface area (Å²) in [6.45, 7) is 3.36. The van der Waals surface area contributed by atoms with E-state index in [0.29, 0.717) is 0 Å². The molecule has 1 aromatic carbocycles. The highest BCUT2D eigenvalue weighted by molar-refractivity contribution is 5.92. The Morgan fingerprint density at radius 1 is 1.27 bits per heavy atom. The molecule has 0 saturated carbocycles. The molecule has 0 aliphatic carbocycles. The second kappa shape index (κ2) is 3.59. The molecule has 0 amide bonds. The van der Waals surface area contributed by atoms with Crippen molar-refractivity contribution in [2.75, 3.05) is 25.0 Å². The van der Waals surface area contributed by atoms with Gasteiger partial charge >= 0.3 is 0 Å². The van der Waals surface area contributed by atoms with Crippen LogP contribution < -0.4 is 10.6 Å². The van der Waals surface area contributed by atoms with Gasteiger partial charge in [-0.15, -0.1) is 0 Å². The standard InChI is InChI=1S/C12H15N3/c1-2-4-11-10(3-1)12(8-15-11)14-7-9-5-13-6-9/h1-4,8-9,13-15H,5-7H2. The Balaban J connectivity index is 1.78. The topological polar surface area (TPSA) is 39.8 Å². The van der Waals surface area contributed by atoms with Crippen LogP contribution in [0.15, 0.2) is 30.5 Å². The Bertz CT molecular complexity index is 457. The minimum absolute atomic E-state index is 0.790. The van der Waals surface area contributed by atoms with Crippen LogP contribution in [0.5, 0.6) is 0 Å². The van der Waals surface area contributed by atoms with Crippen LogP contribution in [0, 0.1) is 5.92 Å². The summed E-state index contributed by atoms with van der Waals surface area (Å²) in [5.41, 5.74) is 2.42. The van der Waals surface area contributed by atoms with E-state index in [9.17, 15) is 0 Å². The average Bonchev–Trinajstić information content (AvgIpc) is 2.60. The van der Waals surface area contributed by atoms with Crippen molar-refractivity contribution in [2.24, 2.45) is 5.92 Å². The summed E-state index contributed by atoms with van der Waals surface area (Å²) < 4.78 is 0. The van der Waals surface area contributed by atoms with Crippen molar-refractivity contribution in [3.8, 4) is 0 Å². The molecule has 3 heteroatoms. The Morgan fingerprint density at radius 3 is 2.93 bits per heavy atom. The number of aromatic nitrogens is 1. The number of benzene rings is 1. The van der Waals surface area contributed by atoms with Crippen molar-refractivity contribution >= 4 is 16.6 Å². The molecule has 15 heavy (non-hydrogen) atoms. The molecule has 3 nitrogen and oxygen atoms in total. The largest absolute Gasteiger partial charge is 0.383 e. The number of para-hydroxylation sites is 1. The third kappa shape index (κ3) is 1.59. The number of aromatic amines is 1. The Hall–Kier alpha value is -1.48. The first-order valence-corrected chi connectivity index (χ1v) is 5.44. The van der Waals surface area contributed by atoms with E-state index < -0.39 is 0 Å². The molecule has 2 heterocycles. The van der Waals surface area contributed by atoms with E-state index in [2.05, 4.69) is 46.1 Å². The van der Waals surface area contributed by atoms with Crippen molar-refractivity contribution < 1.29 is 0 Å². The van der Waals surface area contributed by atoms with Gasteiger partial charge in [0.2, 0.25) is 0 Å². The van der Waals surface area contributed by atoms with Gasteiger partial charge in [-0.2, -0.15) is 0 Å². The minimum atomic E-state index is 0.790. The molecule has 0 atom stereocenters. The van der Waals surface area contributed by atoms with Crippen molar-refractivity contribution in [1.29, 1.82) is 0 Å². The molecule has 1 saturated heterocycles. The lowest BCUT2D eigenvalue weighted by Crippen LogP contribution is -2.45. The van der Waals surface area contributed by atoms with Gasteiger partial charge in [0.25, 0.3) is 0 Å². The lowest BCUT2D eigenvalue weighted by atomic mass is 10.0. The van der Waals surface area contributed by atoms with E-state index in [0.717, 1.165) is 25.6 Å². The average molecular weight is 201 g/mol. The highest BCUT2D eigenvalue weighted by Crippen LogP contribution is 2.22. The fourth-order valence-corrected chi connectivity index (χ4v) is 1.96. The maximum Gasteiger partial charge on any atom is 0.0598 e. The van der Waals surface area contributed by atoms with Crippen molar-refractivity contribution in [1.82, 2.24) is 10.3 Å². The minimum Gasteiger partial charge on any atom is -0.383 e. The molecular weight excluding hydrogens is 186 g/mol. The van der Waals surface area contributed by atoms with Crippen LogP contribution in [0.1, 0.15) is 0 Å². The molecule has 1 aromatic heterocycles. The molecule has 3 rings (SSSR count). The van der Waals surface area contributed by atoms with E-state index in [1.54, 1.807) is 0 Å². The fraction of sp³-hybridized carbons (Fsp3) is 0.333.